The van der Waals surface area contributed by atoms with E-state index in [1.807, 2.05) is 30.9 Å². The molecule has 0 bridgehead atoms. The largest absolute Gasteiger partial charge is 0.439 e. The van der Waals surface area contributed by atoms with Gasteiger partial charge in [0.15, 0.2) is 5.58 Å². The smallest absolute Gasteiger partial charge is 0.317 e. The lowest BCUT2D eigenvalue weighted by molar-refractivity contribution is 0.128. The summed E-state index contributed by atoms with van der Waals surface area (Å²) in [5, 5.41) is 3.57. The molecule has 0 atom stereocenters. The van der Waals surface area contributed by atoms with Crippen molar-refractivity contribution in [1.82, 2.24) is 20.1 Å². The molecule has 2 heterocycles. The third-order valence-corrected chi connectivity index (χ3v) is 4.06. The third-order valence-electron chi connectivity index (χ3n) is 3.83. The van der Waals surface area contributed by atoms with Crippen molar-refractivity contribution in [2.45, 2.75) is 26.4 Å². The summed E-state index contributed by atoms with van der Waals surface area (Å²) >= 11 is 5.96. The Morgan fingerprint density at radius 3 is 2.78 bits per heavy atom. The van der Waals surface area contributed by atoms with E-state index < -0.39 is 0 Å². The summed E-state index contributed by atoms with van der Waals surface area (Å²) in [6.07, 6.45) is 0. The Kier molecular flexibility index (Phi) is 4.73. The number of rotatable bonds is 3. The predicted molar refractivity (Wildman–Crippen MR) is 89.5 cm³/mol. The summed E-state index contributed by atoms with van der Waals surface area (Å²) < 4.78 is 5.75. The number of urea groups is 1. The molecule has 7 heteroatoms. The maximum Gasteiger partial charge on any atom is 0.317 e. The van der Waals surface area contributed by atoms with Crippen LogP contribution in [0.15, 0.2) is 22.6 Å². The van der Waals surface area contributed by atoms with E-state index in [0.717, 1.165) is 18.6 Å². The molecule has 0 spiro atoms. The minimum Gasteiger partial charge on any atom is -0.439 e. The van der Waals surface area contributed by atoms with Crippen LogP contribution in [0.25, 0.3) is 11.1 Å². The fourth-order valence-electron chi connectivity index (χ4n) is 2.65. The molecule has 0 aliphatic carbocycles. The summed E-state index contributed by atoms with van der Waals surface area (Å²) in [5.74, 6) is 0.683. The van der Waals surface area contributed by atoms with E-state index in [0.29, 0.717) is 36.1 Å². The van der Waals surface area contributed by atoms with Crippen LogP contribution in [0.5, 0.6) is 0 Å². The van der Waals surface area contributed by atoms with Gasteiger partial charge in [-0.25, -0.2) is 9.78 Å². The van der Waals surface area contributed by atoms with Crippen molar-refractivity contribution in [2.75, 3.05) is 26.2 Å². The van der Waals surface area contributed by atoms with E-state index in [-0.39, 0.29) is 12.1 Å². The van der Waals surface area contributed by atoms with Gasteiger partial charge in [-0.05, 0) is 26.0 Å². The number of halogens is 1. The molecule has 1 aromatic heterocycles. The predicted octanol–water partition coefficient (Wildman–Crippen LogP) is 2.72. The number of nitrogens with zero attached hydrogens (tertiary/aromatic N) is 3. The summed E-state index contributed by atoms with van der Waals surface area (Å²) in [5.41, 5.74) is 1.53. The number of carbonyl (C=O) groups is 1. The topological polar surface area (TPSA) is 61.6 Å². The molecule has 1 aliphatic rings. The molecular weight excluding hydrogens is 316 g/mol. The molecule has 1 saturated heterocycles. The van der Waals surface area contributed by atoms with Crippen LogP contribution in [0.1, 0.15) is 19.7 Å². The molecule has 1 aliphatic heterocycles. The van der Waals surface area contributed by atoms with Gasteiger partial charge >= 0.3 is 6.03 Å². The molecule has 0 saturated carbocycles. The summed E-state index contributed by atoms with van der Waals surface area (Å²) in [6, 6.07) is 5.62. The summed E-state index contributed by atoms with van der Waals surface area (Å²) in [6.45, 7) is 7.62. The molecule has 1 N–H and O–H groups in total. The average Bonchev–Trinajstić information content (AvgIpc) is 2.88. The Bertz CT molecular complexity index is 692. The number of piperazine rings is 1. The van der Waals surface area contributed by atoms with Crippen molar-refractivity contribution in [2.24, 2.45) is 0 Å². The molecule has 23 heavy (non-hydrogen) atoms. The number of carbonyl (C=O) groups excluding carboxylic acids is 1. The SMILES string of the molecule is CC(C)NC(=O)N1CCN(Cc2nc3ccc(Cl)cc3o2)CC1. The minimum atomic E-state index is 0.0103. The van der Waals surface area contributed by atoms with Crippen molar-refractivity contribution in [3.05, 3.63) is 29.1 Å². The highest BCUT2D eigenvalue weighted by Crippen LogP contribution is 2.21. The third kappa shape index (κ3) is 3.95. The lowest BCUT2D eigenvalue weighted by atomic mass is 10.3. The maximum absolute atomic E-state index is 12.0. The number of hydrogen-bond acceptors (Lipinski definition) is 4. The van der Waals surface area contributed by atoms with Crippen LogP contribution in [0, 0.1) is 0 Å². The van der Waals surface area contributed by atoms with Crippen LogP contribution < -0.4 is 5.32 Å². The molecule has 0 unspecified atom stereocenters. The number of hydrogen-bond donors (Lipinski definition) is 1. The number of fused-ring (bicyclic) bond motifs is 1. The van der Waals surface area contributed by atoms with Crippen molar-refractivity contribution < 1.29 is 9.21 Å². The molecule has 1 aromatic carbocycles. The van der Waals surface area contributed by atoms with Crippen LogP contribution in [0.4, 0.5) is 4.79 Å². The van der Waals surface area contributed by atoms with Crippen molar-refractivity contribution in [3.63, 3.8) is 0 Å². The van der Waals surface area contributed by atoms with Crippen LogP contribution >= 0.6 is 11.6 Å². The Hall–Kier alpha value is -1.79. The number of amides is 2. The Morgan fingerprint density at radius 2 is 2.09 bits per heavy atom. The minimum absolute atomic E-state index is 0.0103. The molecule has 2 aromatic rings. The van der Waals surface area contributed by atoms with E-state index in [9.17, 15) is 4.79 Å². The first-order chi connectivity index (χ1) is 11.0. The van der Waals surface area contributed by atoms with Gasteiger partial charge in [0.25, 0.3) is 0 Å². The second-order valence-electron chi connectivity index (χ2n) is 6.09. The van der Waals surface area contributed by atoms with Crippen molar-refractivity contribution in [3.8, 4) is 0 Å². The van der Waals surface area contributed by atoms with E-state index in [1.165, 1.54) is 0 Å². The van der Waals surface area contributed by atoms with Gasteiger partial charge in [0.1, 0.15) is 5.52 Å². The fraction of sp³-hybridized carbons (Fsp3) is 0.500. The maximum atomic E-state index is 12.0. The van der Waals surface area contributed by atoms with Gasteiger partial charge in [0.2, 0.25) is 5.89 Å². The first-order valence-corrected chi connectivity index (χ1v) is 8.22. The molecule has 3 rings (SSSR count). The van der Waals surface area contributed by atoms with Crippen molar-refractivity contribution >= 4 is 28.7 Å². The Labute approximate surface area is 140 Å². The number of aromatic nitrogens is 1. The summed E-state index contributed by atoms with van der Waals surface area (Å²) in [4.78, 5) is 20.5. The van der Waals surface area contributed by atoms with Crippen LogP contribution in [-0.2, 0) is 6.54 Å². The molecule has 124 valence electrons. The number of benzene rings is 1. The molecule has 6 nitrogen and oxygen atoms in total. The van der Waals surface area contributed by atoms with Gasteiger partial charge in [-0.2, -0.15) is 0 Å². The Morgan fingerprint density at radius 1 is 1.35 bits per heavy atom. The fourth-order valence-corrected chi connectivity index (χ4v) is 2.81. The van der Waals surface area contributed by atoms with Gasteiger partial charge in [0.05, 0.1) is 6.54 Å². The van der Waals surface area contributed by atoms with E-state index in [4.69, 9.17) is 16.0 Å². The monoisotopic (exact) mass is 336 g/mol. The van der Waals surface area contributed by atoms with Crippen molar-refractivity contribution in [1.29, 1.82) is 0 Å². The van der Waals surface area contributed by atoms with Gasteiger partial charge in [-0.1, -0.05) is 11.6 Å². The van der Waals surface area contributed by atoms with E-state index in [1.54, 1.807) is 6.07 Å². The quantitative estimate of drug-likeness (QED) is 0.936. The molecule has 1 fully saturated rings. The summed E-state index contributed by atoms with van der Waals surface area (Å²) in [7, 11) is 0. The Balaban J connectivity index is 1.56. The van der Waals surface area contributed by atoms with Crippen LogP contribution in [0.2, 0.25) is 5.02 Å². The van der Waals surface area contributed by atoms with E-state index in [2.05, 4.69) is 15.2 Å². The molecular formula is C16H21ClN4O2. The van der Waals surface area contributed by atoms with Gasteiger partial charge in [0, 0.05) is 43.3 Å². The normalized spacial score (nSPS) is 16.3. The highest BCUT2D eigenvalue weighted by Gasteiger charge is 2.22. The van der Waals surface area contributed by atoms with Crippen LogP contribution in [0.3, 0.4) is 0 Å². The number of nitrogens with one attached hydrogen (secondary N) is 1. The van der Waals surface area contributed by atoms with E-state index >= 15 is 0 Å². The highest BCUT2D eigenvalue weighted by atomic mass is 35.5. The zero-order valence-electron chi connectivity index (χ0n) is 13.4. The lowest BCUT2D eigenvalue weighted by Crippen LogP contribution is -2.52. The molecule has 2 amide bonds. The zero-order chi connectivity index (χ0) is 16.4. The number of oxazole rings is 1. The molecule has 0 radical (unpaired) electrons. The first-order valence-electron chi connectivity index (χ1n) is 7.84. The zero-order valence-corrected chi connectivity index (χ0v) is 14.1. The highest BCUT2D eigenvalue weighted by molar-refractivity contribution is 6.31. The van der Waals surface area contributed by atoms with Gasteiger partial charge in [-0.15, -0.1) is 0 Å². The lowest BCUT2D eigenvalue weighted by Gasteiger charge is -2.34. The van der Waals surface area contributed by atoms with Crippen LogP contribution in [-0.4, -0.2) is 53.0 Å². The second kappa shape index (κ2) is 6.76. The first kappa shape index (κ1) is 16.1. The standard InChI is InChI=1S/C16H21ClN4O2/c1-11(2)18-16(22)21-7-5-20(6-8-21)10-15-19-13-4-3-12(17)9-14(13)23-15/h3-4,9,11H,5-8,10H2,1-2H3,(H,18,22). The average molecular weight is 337 g/mol. The van der Waals surface area contributed by atoms with Gasteiger partial charge in [-0.3, -0.25) is 4.90 Å². The van der Waals surface area contributed by atoms with Gasteiger partial charge < -0.3 is 14.6 Å². The second-order valence-corrected chi connectivity index (χ2v) is 6.52.